The lowest BCUT2D eigenvalue weighted by Gasteiger charge is -2.30. The molecule has 0 aromatic rings. The van der Waals surface area contributed by atoms with E-state index in [0.29, 0.717) is 30.6 Å². The zero-order chi connectivity index (χ0) is 23.5. The Morgan fingerprint density at radius 2 is 2.18 bits per heavy atom. The van der Waals surface area contributed by atoms with Crippen molar-refractivity contribution in [3.05, 3.63) is 36.0 Å². The molecule has 3 aliphatic rings. The summed E-state index contributed by atoms with van der Waals surface area (Å²) in [5.74, 6) is 1.19. The van der Waals surface area contributed by atoms with Gasteiger partial charge in [-0.15, -0.1) is 0 Å². The van der Waals surface area contributed by atoms with Crippen molar-refractivity contribution >= 4 is 5.97 Å². The van der Waals surface area contributed by atoms with Crippen molar-refractivity contribution in [3.8, 4) is 0 Å². The molecule has 5 nitrogen and oxygen atoms in total. The summed E-state index contributed by atoms with van der Waals surface area (Å²) in [5, 5.41) is 10.5. The van der Waals surface area contributed by atoms with Crippen LogP contribution in [0.3, 0.4) is 0 Å². The molecular formula is C28H44O5. The lowest BCUT2D eigenvalue weighted by Crippen LogP contribution is -2.30. The Morgan fingerprint density at radius 1 is 1.30 bits per heavy atom. The van der Waals surface area contributed by atoms with Crippen molar-refractivity contribution in [2.24, 2.45) is 17.8 Å². The minimum absolute atomic E-state index is 0.0871. The van der Waals surface area contributed by atoms with Gasteiger partial charge in [-0.2, -0.15) is 0 Å². The molecule has 2 unspecified atom stereocenters. The number of allylic oxidation sites excluding steroid dienone is 4. The third-order valence-corrected chi connectivity index (χ3v) is 7.37. The molecule has 1 N–H and O–H groups in total. The molecule has 0 aromatic heterocycles. The van der Waals surface area contributed by atoms with E-state index >= 15 is 0 Å². The molecule has 2 fully saturated rings. The van der Waals surface area contributed by atoms with Crippen LogP contribution in [0.5, 0.6) is 0 Å². The number of methoxy groups -OCH3 is 1. The first kappa shape index (κ1) is 26.2. The number of hydrogen-bond acceptors (Lipinski definition) is 5. The van der Waals surface area contributed by atoms with E-state index < -0.39 is 0 Å². The van der Waals surface area contributed by atoms with Crippen molar-refractivity contribution in [1.82, 2.24) is 0 Å². The SMILES string of the molecule is CCCCCC(O)C=C[C@H]1[C@H]2CCC(C=CCCC(=O)OC)=C[C@@H]2C[C@H]1OC1CCCCO1. The Labute approximate surface area is 200 Å². The molecule has 33 heavy (non-hydrogen) atoms. The summed E-state index contributed by atoms with van der Waals surface area (Å²) in [5.41, 5.74) is 1.36. The average molecular weight is 461 g/mol. The molecule has 3 rings (SSSR count). The van der Waals surface area contributed by atoms with Crippen LogP contribution in [0.25, 0.3) is 0 Å². The summed E-state index contributed by atoms with van der Waals surface area (Å²) < 4.78 is 17.1. The first-order chi connectivity index (χ1) is 16.1. The summed E-state index contributed by atoms with van der Waals surface area (Å²) in [6.07, 6.45) is 22.5. The van der Waals surface area contributed by atoms with E-state index in [4.69, 9.17) is 14.2 Å². The van der Waals surface area contributed by atoms with Gasteiger partial charge in [-0.25, -0.2) is 0 Å². The highest BCUT2D eigenvalue weighted by Gasteiger charge is 2.43. The van der Waals surface area contributed by atoms with Gasteiger partial charge in [0.15, 0.2) is 6.29 Å². The second-order valence-corrected chi connectivity index (χ2v) is 9.86. The number of ether oxygens (including phenoxy) is 3. The highest BCUT2D eigenvalue weighted by molar-refractivity contribution is 5.69. The third-order valence-electron chi connectivity index (χ3n) is 7.37. The largest absolute Gasteiger partial charge is 0.469 e. The summed E-state index contributed by atoms with van der Waals surface area (Å²) in [6, 6.07) is 0. The average Bonchev–Trinajstić information content (AvgIpc) is 3.17. The minimum atomic E-state index is -0.366. The van der Waals surface area contributed by atoms with Gasteiger partial charge in [-0.05, 0) is 63.2 Å². The lowest BCUT2D eigenvalue weighted by atomic mass is 9.78. The van der Waals surface area contributed by atoms with Gasteiger partial charge < -0.3 is 19.3 Å². The van der Waals surface area contributed by atoms with E-state index in [1.165, 1.54) is 31.9 Å². The number of aliphatic hydroxyl groups is 1. The monoisotopic (exact) mass is 460 g/mol. The van der Waals surface area contributed by atoms with Crippen LogP contribution in [-0.2, 0) is 19.0 Å². The maximum Gasteiger partial charge on any atom is 0.305 e. The van der Waals surface area contributed by atoms with E-state index in [9.17, 15) is 9.90 Å². The smallest absolute Gasteiger partial charge is 0.305 e. The van der Waals surface area contributed by atoms with E-state index in [0.717, 1.165) is 51.6 Å². The van der Waals surface area contributed by atoms with Crippen LogP contribution in [-0.4, -0.2) is 43.3 Å². The van der Waals surface area contributed by atoms with E-state index in [1.807, 2.05) is 6.08 Å². The van der Waals surface area contributed by atoms with Gasteiger partial charge in [0.25, 0.3) is 0 Å². The standard InChI is InChI=1S/C28H44O5/c1-3-4-5-11-23(29)15-17-25-24-16-14-21(10-6-7-12-27(30)31-2)19-22(24)20-26(25)33-28-13-8-9-18-32-28/h6,10,15,17,19,22-26,28-29H,3-5,7-9,11-14,16,18,20H2,1-2H3/t22-,23?,24+,25+,26-,28?/m1/s1. The van der Waals surface area contributed by atoms with Crippen LogP contribution in [0.2, 0.25) is 0 Å². The molecule has 5 heteroatoms. The zero-order valence-corrected chi connectivity index (χ0v) is 20.6. The van der Waals surface area contributed by atoms with Gasteiger partial charge in [0.1, 0.15) is 0 Å². The predicted molar refractivity (Wildman–Crippen MR) is 131 cm³/mol. The first-order valence-corrected chi connectivity index (χ1v) is 13.2. The maximum atomic E-state index is 11.3. The van der Waals surface area contributed by atoms with Crippen LogP contribution in [0.1, 0.15) is 84.0 Å². The highest BCUT2D eigenvalue weighted by Crippen LogP contribution is 2.47. The summed E-state index contributed by atoms with van der Waals surface area (Å²) in [4.78, 5) is 11.3. The van der Waals surface area contributed by atoms with Crippen molar-refractivity contribution < 1.29 is 24.1 Å². The number of aliphatic hydroxyl groups excluding tert-OH is 1. The number of rotatable bonds is 12. The Hall–Kier alpha value is -1.43. The van der Waals surface area contributed by atoms with Gasteiger partial charge in [0.05, 0.1) is 19.3 Å². The Kier molecular flexibility index (Phi) is 11.2. The zero-order valence-electron chi connectivity index (χ0n) is 20.6. The summed E-state index contributed by atoms with van der Waals surface area (Å²) in [6.45, 7) is 2.98. The maximum absolute atomic E-state index is 11.3. The molecular weight excluding hydrogens is 416 g/mol. The van der Waals surface area contributed by atoms with Gasteiger partial charge in [-0.3, -0.25) is 4.79 Å². The van der Waals surface area contributed by atoms with Gasteiger partial charge in [-0.1, -0.05) is 62.1 Å². The van der Waals surface area contributed by atoms with Crippen LogP contribution in [0.15, 0.2) is 36.0 Å². The third kappa shape index (κ3) is 8.38. The van der Waals surface area contributed by atoms with Crippen molar-refractivity contribution in [2.75, 3.05) is 13.7 Å². The molecule has 1 aliphatic heterocycles. The predicted octanol–water partition coefficient (Wildman–Crippen LogP) is 5.88. The summed E-state index contributed by atoms with van der Waals surface area (Å²) in [7, 11) is 1.43. The van der Waals surface area contributed by atoms with E-state index in [-0.39, 0.29) is 24.5 Å². The van der Waals surface area contributed by atoms with Crippen molar-refractivity contribution in [3.63, 3.8) is 0 Å². The second kappa shape index (κ2) is 14.1. The topological polar surface area (TPSA) is 65.0 Å². The Morgan fingerprint density at radius 3 is 2.94 bits per heavy atom. The molecule has 1 saturated carbocycles. The molecule has 1 saturated heterocycles. The van der Waals surface area contributed by atoms with E-state index in [2.05, 4.69) is 31.2 Å². The number of carbonyl (C=O) groups is 1. The van der Waals surface area contributed by atoms with Crippen LogP contribution in [0, 0.1) is 17.8 Å². The lowest BCUT2D eigenvalue weighted by molar-refractivity contribution is -0.192. The highest BCUT2D eigenvalue weighted by atomic mass is 16.7. The molecule has 1 heterocycles. The molecule has 0 bridgehead atoms. The van der Waals surface area contributed by atoms with Gasteiger partial charge in [0.2, 0.25) is 0 Å². The van der Waals surface area contributed by atoms with E-state index in [1.54, 1.807) is 0 Å². The fraction of sp³-hybridized carbons (Fsp3) is 0.750. The fourth-order valence-electron chi connectivity index (χ4n) is 5.51. The van der Waals surface area contributed by atoms with Gasteiger partial charge >= 0.3 is 5.97 Å². The number of unbranched alkanes of at least 4 members (excludes halogenated alkanes) is 2. The molecule has 6 atom stereocenters. The van der Waals surface area contributed by atoms with Crippen molar-refractivity contribution in [2.45, 2.75) is 102 Å². The number of hydrogen-bond donors (Lipinski definition) is 1. The molecule has 0 spiro atoms. The molecule has 0 aromatic carbocycles. The second-order valence-electron chi connectivity index (χ2n) is 9.86. The van der Waals surface area contributed by atoms with Gasteiger partial charge in [0, 0.05) is 18.9 Å². The molecule has 0 amide bonds. The van der Waals surface area contributed by atoms with Crippen LogP contribution >= 0.6 is 0 Å². The Balaban J connectivity index is 1.63. The van der Waals surface area contributed by atoms with Crippen LogP contribution in [0.4, 0.5) is 0 Å². The minimum Gasteiger partial charge on any atom is -0.469 e. The molecule has 0 radical (unpaired) electrons. The summed E-state index contributed by atoms with van der Waals surface area (Å²) >= 11 is 0. The first-order valence-electron chi connectivity index (χ1n) is 13.2. The fourth-order valence-corrected chi connectivity index (χ4v) is 5.51. The molecule has 2 aliphatic carbocycles. The number of esters is 1. The normalized spacial score (nSPS) is 31.0. The quantitative estimate of drug-likeness (QED) is 0.224. The molecule has 186 valence electrons. The van der Waals surface area contributed by atoms with Crippen molar-refractivity contribution in [1.29, 1.82) is 0 Å². The number of fused-ring (bicyclic) bond motifs is 1. The van der Waals surface area contributed by atoms with Crippen LogP contribution < -0.4 is 0 Å². The number of carbonyl (C=O) groups excluding carboxylic acids is 1. The Bertz CT molecular complexity index is 676.